The normalized spacial score (nSPS) is 12.7. The molecule has 1 rings (SSSR count). The lowest BCUT2D eigenvalue weighted by atomic mass is 10.1. The first-order valence-corrected chi connectivity index (χ1v) is 4.42. The second kappa shape index (κ2) is 4.05. The van der Waals surface area contributed by atoms with Crippen LogP contribution in [0, 0.1) is 0 Å². The molecule has 0 heterocycles. The summed E-state index contributed by atoms with van der Waals surface area (Å²) in [6.07, 6.45) is 1.71. The van der Waals surface area contributed by atoms with Gasteiger partial charge >= 0.3 is 8.46 Å². The maximum Gasteiger partial charge on any atom is 0.336 e. The lowest BCUT2D eigenvalue weighted by Gasteiger charge is -1.95. The summed E-state index contributed by atoms with van der Waals surface area (Å²) in [7, 11) is -0.342. The Morgan fingerprint density at radius 1 is 1.36 bits per heavy atom. The van der Waals surface area contributed by atoms with Gasteiger partial charge in [0, 0.05) is 5.56 Å². The van der Waals surface area contributed by atoms with Gasteiger partial charge in [0.15, 0.2) is 5.66 Å². The van der Waals surface area contributed by atoms with E-state index in [0.29, 0.717) is 0 Å². The van der Waals surface area contributed by atoms with E-state index in [9.17, 15) is 4.57 Å². The molecule has 56 valence electrons. The fourth-order valence-electron chi connectivity index (χ4n) is 0.913. The summed E-state index contributed by atoms with van der Waals surface area (Å²) in [5.74, 6) is 0. The van der Waals surface area contributed by atoms with Crippen molar-refractivity contribution in [2.75, 3.05) is 0 Å². The summed E-state index contributed by atoms with van der Waals surface area (Å²) < 4.78 is 10.6. The van der Waals surface area contributed by atoms with Crippen LogP contribution in [-0.4, -0.2) is 0 Å². The largest absolute Gasteiger partial charge is 0.336 e. The average Bonchev–Trinajstić information content (AvgIpc) is 2.09. The highest BCUT2D eigenvalue weighted by Crippen LogP contribution is 2.26. The minimum absolute atomic E-state index is 0.00352. The van der Waals surface area contributed by atoms with E-state index in [4.69, 9.17) is 0 Å². The summed E-state index contributed by atoms with van der Waals surface area (Å²) in [6, 6.07) is 9.73. The van der Waals surface area contributed by atoms with Crippen LogP contribution in [0.2, 0.25) is 0 Å². The molecule has 2 unspecified atom stereocenters. The van der Waals surface area contributed by atoms with Crippen LogP contribution in [-0.2, 0) is 4.57 Å². The van der Waals surface area contributed by atoms with E-state index in [2.05, 4.69) is 6.58 Å². The van der Waals surface area contributed by atoms with Gasteiger partial charge in [-0.05, 0) is 6.08 Å². The second-order valence-corrected chi connectivity index (χ2v) is 3.10. The zero-order chi connectivity index (χ0) is 8.10. The van der Waals surface area contributed by atoms with Crippen molar-refractivity contribution in [1.29, 1.82) is 0 Å². The highest BCUT2D eigenvalue weighted by molar-refractivity contribution is 7.24. The van der Waals surface area contributed by atoms with Crippen molar-refractivity contribution >= 4 is 8.46 Å². The van der Waals surface area contributed by atoms with E-state index in [1.807, 2.05) is 30.3 Å². The number of allylic oxidation sites excluding steroid dienone is 1. The highest BCUT2D eigenvalue weighted by atomic mass is 31.1. The predicted octanol–water partition coefficient (Wildman–Crippen LogP) is 2.94. The monoisotopic (exact) mass is 165 g/mol. The van der Waals surface area contributed by atoms with Crippen LogP contribution in [0.3, 0.4) is 0 Å². The molecule has 0 aliphatic heterocycles. The van der Waals surface area contributed by atoms with E-state index in [-0.39, 0.29) is 14.1 Å². The molecule has 11 heavy (non-hydrogen) atoms. The molecule has 0 aromatic heterocycles. The second-order valence-electron chi connectivity index (χ2n) is 2.24. The first-order valence-electron chi connectivity index (χ1n) is 3.43. The standard InChI is InChI=1S/C9H9OP/c1-2-9(11-10)8-6-4-3-5-7-8/h2-7,9H,1H2/p+1. The molecule has 0 fully saturated rings. The Labute approximate surface area is 68.0 Å². The predicted molar refractivity (Wildman–Crippen MR) is 48.4 cm³/mol. The third kappa shape index (κ3) is 1.99. The first-order chi connectivity index (χ1) is 5.38. The zero-order valence-electron chi connectivity index (χ0n) is 6.16. The summed E-state index contributed by atoms with van der Waals surface area (Å²) in [5.41, 5.74) is 1.06. The maximum absolute atomic E-state index is 10.6. The Bertz CT molecular complexity index is 235. The molecule has 0 bridgehead atoms. The van der Waals surface area contributed by atoms with Crippen LogP contribution in [0.5, 0.6) is 0 Å². The molecule has 0 amide bonds. The fraction of sp³-hybridized carbons (Fsp3) is 0.111. The minimum Gasteiger partial charge on any atom is -0.0983 e. The SMILES string of the molecule is C=CC([PH+]=O)c1ccccc1. The molecular weight excluding hydrogens is 155 g/mol. The molecule has 1 aromatic carbocycles. The summed E-state index contributed by atoms with van der Waals surface area (Å²) in [6.45, 7) is 3.62. The molecule has 0 spiro atoms. The molecule has 0 aliphatic rings. The molecule has 2 atom stereocenters. The number of hydrogen-bond donors (Lipinski definition) is 0. The Morgan fingerprint density at radius 2 is 2.00 bits per heavy atom. The Balaban J connectivity index is 2.90. The van der Waals surface area contributed by atoms with Gasteiger partial charge < -0.3 is 0 Å². The van der Waals surface area contributed by atoms with Crippen molar-refractivity contribution in [3.8, 4) is 0 Å². The number of rotatable bonds is 3. The molecular formula is C9H10OP+. The lowest BCUT2D eigenvalue weighted by Crippen LogP contribution is -1.82. The number of hydrogen-bond acceptors (Lipinski definition) is 1. The van der Waals surface area contributed by atoms with Gasteiger partial charge in [0.25, 0.3) is 0 Å². The van der Waals surface area contributed by atoms with Crippen molar-refractivity contribution in [3.05, 3.63) is 48.6 Å². The van der Waals surface area contributed by atoms with Gasteiger partial charge in [-0.25, -0.2) is 0 Å². The van der Waals surface area contributed by atoms with Crippen molar-refractivity contribution < 1.29 is 4.57 Å². The van der Waals surface area contributed by atoms with E-state index >= 15 is 0 Å². The van der Waals surface area contributed by atoms with Crippen LogP contribution < -0.4 is 0 Å². The van der Waals surface area contributed by atoms with Crippen molar-refractivity contribution in [1.82, 2.24) is 0 Å². The fourth-order valence-corrected chi connectivity index (χ4v) is 1.34. The molecule has 0 radical (unpaired) electrons. The Morgan fingerprint density at radius 3 is 2.45 bits per heavy atom. The van der Waals surface area contributed by atoms with Gasteiger partial charge in [-0.15, -0.1) is 0 Å². The first kappa shape index (κ1) is 8.16. The van der Waals surface area contributed by atoms with E-state index in [0.717, 1.165) is 5.56 Å². The van der Waals surface area contributed by atoms with Crippen LogP contribution in [0.4, 0.5) is 0 Å². The van der Waals surface area contributed by atoms with E-state index < -0.39 is 0 Å². The molecule has 0 saturated heterocycles. The van der Waals surface area contributed by atoms with Crippen molar-refractivity contribution in [2.45, 2.75) is 5.66 Å². The quantitative estimate of drug-likeness (QED) is 0.497. The molecule has 1 nitrogen and oxygen atoms in total. The van der Waals surface area contributed by atoms with E-state index in [1.54, 1.807) is 6.08 Å². The van der Waals surface area contributed by atoms with Gasteiger partial charge in [0.2, 0.25) is 0 Å². The third-order valence-electron chi connectivity index (χ3n) is 1.52. The van der Waals surface area contributed by atoms with Crippen LogP contribution in [0.25, 0.3) is 0 Å². The molecule has 0 N–H and O–H groups in total. The van der Waals surface area contributed by atoms with Crippen LogP contribution in [0.1, 0.15) is 11.2 Å². The van der Waals surface area contributed by atoms with E-state index in [1.165, 1.54) is 0 Å². The summed E-state index contributed by atoms with van der Waals surface area (Å²) in [4.78, 5) is 0. The Hall–Kier alpha value is -0.940. The minimum atomic E-state index is -0.342. The summed E-state index contributed by atoms with van der Waals surface area (Å²) >= 11 is 0. The van der Waals surface area contributed by atoms with Gasteiger partial charge in [-0.3, -0.25) is 0 Å². The molecule has 1 aromatic rings. The highest BCUT2D eigenvalue weighted by Gasteiger charge is 2.12. The number of benzene rings is 1. The van der Waals surface area contributed by atoms with Crippen LogP contribution in [0.15, 0.2) is 43.0 Å². The Kier molecular flexibility index (Phi) is 3.00. The van der Waals surface area contributed by atoms with Gasteiger partial charge in [0.1, 0.15) is 0 Å². The summed E-state index contributed by atoms with van der Waals surface area (Å²) in [5, 5.41) is 0. The van der Waals surface area contributed by atoms with Crippen molar-refractivity contribution in [2.24, 2.45) is 0 Å². The lowest BCUT2D eigenvalue weighted by molar-refractivity contribution is 0.596. The smallest absolute Gasteiger partial charge is 0.0983 e. The topological polar surface area (TPSA) is 17.1 Å². The van der Waals surface area contributed by atoms with Crippen molar-refractivity contribution in [3.63, 3.8) is 0 Å². The third-order valence-corrected chi connectivity index (χ3v) is 2.34. The molecule has 0 aliphatic carbocycles. The molecule has 2 heteroatoms. The zero-order valence-corrected chi connectivity index (χ0v) is 7.16. The van der Waals surface area contributed by atoms with Gasteiger partial charge in [-0.1, -0.05) is 41.5 Å². The van der Waals surface area contributed by atoms with Gasteiger partial charge in [0.05, 0.1) is 0 Å². The maximum atomic E-state index is 10.6. The molecule has 0 saturated carbocycles. The van der Waals surface area contributed by atoms with Gasteiger partial charge in [-0.2, -0.15) is 0 Å². The van der Waals surface area contributed by atoms with Crippen LogP contribution >= 0.6 is 8.46 Å². The average molecular weight is 165 g/mol.